The fourth-order valence-electron chi connectivity index (χ4n) is 4.91. The molecule has 4 aromatic rings. The Bertz CT molecular complexity index is 1230. The van der Waals surface area contributed by atoms with Crippen molar-refractivity contribution in [3.63, 3.8) is 0 Å². The largest absolute Gasteiger partial charge is 0.337 e. The number of anilines is 2. The number of rotatable bonds is 2. The Balaban J connectivity index is 1.38. The summed E-state index contributed by atoms with van der Waals surface area (Å²) in [6.07, 6.45) is 2.25. The minimum atomic E-state index is 0.556. The van der Waals surface area contributed by atoms with Crippen LogP contribution in [0, 0.1) is 0 Å². The summed E-state index contributed by atoms with van der Waals surface area (Å²) in [6.45, 7) is 0. The normalized spacial score (nSPS) is 16.4. The molecule has 1 atom stereocenters. The summed E-state index contributed by atoms with van der Waals surface area (Å²) in [5.74, 6) is 0. The Morgan fingerprint density at radius 2 is 1.21 bits per heavy atom. The van der Waals surface area contributed by atoms with Crippen LogP contribution in [0.1, 0.15) is 11.1 Å². The molecule has 4 aromatic carbocycles. The van der Waals surface area contributed by atoms with E-state index in [0.29, 0.717) is 6.04 Å². The van der Waals surface area contributed by atoms with Crippen molar-refractivity contribution in [2.24, 2.45) is 0 Å². The van der Waals surface area contributed by atoms with Gasteiger partial charge >= 0.3 is 0 Å². The molecule has 0 fully saturated rings. The maximum Gasteiger partial charge on any atom is 0.0447 e. The lowest BCUT2D eigenvalue weighted by molar-refractivity contribution is 0.725. The first-order valence-electron chi connectivity index (χ1n) is 10.1. The van der Waals surface area contributed by atoms with Gasteiger partial charge in [-0.2, -0.15) is 0 Å². The van der Waals surface area contributed by atoms with E-state index in [9.17, 15) is 0 Å². The Labute approximate surface area is 179 Å². The van der Waals surface area contributed by atoms with E-state index in [1.165, 1.54) is 49.2 Å². The fraction of sp³-hybridized carbons (Fsp3) is 0.111. The number of fused-ring (bicyclic) bond motifs is 5. The van der Waals surface area contributed by atoms with Gasteiger partial charge in [-0.25, -0.2) is 0 Å². The van der Waals surface area contributed by atoms with Gasteiger partial charge in [0.05, 0.1) is 0 Å². The lowest BCUT2D eigenvalue weighted by atomic mass is 9.96. The Morgan fingerprint density at radius 1 is 0.586 bits per heavy atom. The van der Waals surface area contributed by atoms with Crippen LogP contribution in [0.2, 0.25) is 0 Å². The molecule has 2 aliphatic heterocycles. The summed E-state index contributed by atoms with van der Waals surface area (Å²) in [7, 11) is 0. The first-order valence-corrected chi connectivity index (χ1v) is 10.9. The lowest BCUT2D eigenvalue weighted by Crippen LogP contribution is -2.22. The summed E-state index contributed by atoms with van der Waals surface area (Å²) in [5.41, 5.74) is 10.8. The van der Waals surface area contributed by atoms with Gasteiger partial charge in [0.2, 0.25) is 0 Å². The van der Waals surface area contributed by atoms with Gasteiger partial charge in [-0.15, -0.1) is 0 Å². The molecule has 1 unspecified atom stereocenters. The van der Waals surface area contributed by atoms with Crippen molar-refractivity contribution >= 4 is 27.3 Å². The van der Waals surface area contributed by atoms with Crippen molar-refractivity contribution in [3.05, 3.63) is 107 Å². The molecule has 29 heavy (non-hydrogen) atoms. The topological polar surface area (TPSA) is 3.24 Å². The second-order valence-electron chi connectivity index (χ2n) is 8.00. The third-order valence-corrected chi connectivity index (χ3v) is 6.71. The highest BCUT2D eigenvalue weighted by Gasteiger charge is 2.37. The molecule has 2 heterocycles. The molecule has 6 rings (SSSR count). The zero-order valence-corrected chi connectivity index (χ0v) is 17.6. The maximum atomic E-state index is 3.62. The summed E-state index contributed by atoms with van der Waals surface area (Å²) >= 11 is 3.62. The van der Waals surface area contributed by atoms with Gasteiger partial charge < -0.3 is 4.90 Å². The molecule has 2 heteroatoms. The predicted molar refractivity (Wildman–Crippen MR) is 125 cm³/mol. The predicted octanol–water partition coefficient (Wildman–Crippen LogP) is 7.40. The second kappa shape index (κ2) is 6.60. The standard InChI is InChI=1S/C27H20BrN/c28-24-10-12-27-23(15-24)17-25-16-22-14-21(9-11-26(22)29(25)27)20-8-4-7-19(13-20)18-5-2-1-3-6-18/h1-15,25H,16-17H2. The van der Waals surface area contributed by atoms with Crippen LogP contribution < -0.4 is 4.90 Å². The van der Waals surface area contributed by atoms with Crippen molar-refractivity contribution in [2.45, 2.75) is 18.9 Å². The van der Waals surface area contributed by atoms with E-state index in [0.717, 1.165) is 12.8 Å². The fourth-order valence-corrected chi connectivity index (χ4v) is 5.32. The molecule has 0 saturated heterocycles. The first kappa shape index (κ1) is 17.1. The van der Waals surface area contributed by atoms with Gasteiger partial charge in [0.25, 0.3) is 0 Å². The van der Waals surface area contributed by atoms with Crippen LogP contribution in [0.25, 0.3) is 22.3 Å². The third-order valence-electron chi connectivity index (χ3n) is 6.22. The highest BCUT2D eigenvalue weighted by atomic mass is 79.9. The summed E-state index contributed by atoms with van der Waals surface area (Å²) < 4.78 is 1.17. The SMILES string of the molecule is Brc1ccc2c(c1)CC1Cc3cc(-c4cccc(-c5ccccc5)c4)ccc3N21. The van der Waals surface area contributed by atoms with Crippen LogP contribution in [-0.4, -0.2) is 6.04 Å². The van der Waals surface area contributed by atoms with Crippen LogP contribution in [0.3, 0.4) is 0 Å². The van der Waals surface area contributed by atoms with Crippen molar-refractivity contribution in [1.82, 2.24) is 0 Å². The minimum absolute atomic E-state index is 0.556. The number of hydrogen-bond acceptors (Lipinski definition) is 1. The molecule has 0 saturated carbocycles. The van der Waals surface area contributed by atoms with Crippen molar-refractivity contribution in [2.75, 3.05) is 4.90 Å². The Hall–Kier alpha value is -2.84. The van der Waals surface area contributed by atoms with E-state index in [1.807, 2.05) is 0 Å². The van der Waals surface area contributed by atoms with Crippen molar-refractivity contribution < 1.29 is 0 Å². The molecule has 0 bridgehead atoms. The monoisotopic (exact) mass is 437 g/mol. The average molecular weight is 438 g/mol. The van der Waals surface area contributed by atoms with Gasteiger partial charge in [0.1, 0.15) is 0 Å². The van der Waals surface area contributed by atoms with E-state index >= 15 is 0 Å². The molecular weight excluding hydrogens is 418 g/mol. The van der Waals surface area contributed by atoms with E-state index in [4.69, 9.17) is 0 Å². The summed E-state index contributed by atoms with van der Waals surface area (Å²) in [6, 6.07) is 33.7. The van der Waals surface area contributed by atoms with Gasteiger partial charge in [-0.05, 0) is 82.6 Å². The van der Waals surface area contributed by atoms with Crippen LogP contribution >= 0.6 is 15.9 Å². The van der Waals surface area contributed by atoms with E-state index in [-0.39, 0.29) is 0 Å². The lowest BCUT2D eigenvalue weighted by Gasteiger charge is -2.20. The van der Waals surface area contributed by atoms with E-state index in [2.05, 4.69) is 112 Å². The van der Waals surface area contributed by atoms with Crippen molar-refractivity contribution in [3.8, 4) is 22.3 Å². The highest BCUT2D eigenvalue weighted by molar-refractivity contribution is 9.10. The minimum Gasteiger partial charge on any atom is -0.337 e. The molecular formula is C27H20BrN. The number of benzene rings is 4. The molecule has 0 spiro atoms. The van der Waals surface area contributed by atoms with Crippen LogP contribution in [0.4, 0.5) is 11.4 Å². The molecule has 0 aliphatic carbocycles. The van der Waals surface area contributed by atoms with Crippen LogP contribution in [0.15, 0.2) is 95.5 Å². The number of hydrogen-bond donors (Lipinski definition) is 0. The molecule has 2 aliphatic rings. The average Bonchev–Trinajstić information content (AvgIpc) is 3.29. The first-order chi connectivity index (χ1) is 14.3. The van der Waals surface area contributed by atoms with Gasteiger partial charge in [-0.1, -0.05) is 70.5 Å². The second-order valence-corrected chi connectivity index (χ2v) is 8.91. The van der Waals surface area contributed by atoms with Crippen LogP contribution in [-0.2, 0) is 12.8 Å². The summed E-state index contributed by atoms with van der Waals surface area (Å²) in [4.78, 5) is 2.54. The van der Waals surface area contributed by atoms with E-state index < -0.39 is 0 Å². The molecule has 0 radical (unpaired) electrons. The maximum absolute atomic E-state index is 3.62. The molecule has 0 N–H and O–H groups in total. The zero-order chi connectivity index (χ0) is 19.4. The highest BCUT2D eigenvalue weighted by Crippen LogP contribution is 2.47. The molecule has 0 amide bonds. The summed E-state index contributed by atoms with van der Waals surface area (Å²) in [5, 5.41) is 0. The zero-order valence-electron chi connectivity index (χ0n) is 16.0. The van der Waals surface area contributed by atoms with Gasteiger partial charge in [0.15, 0.2) is 0 Å². The van der Waals surface area contributed by atoms with Crippen LogP contribution in [0.5, 0.6) is 0 Å². The molecule has 0 aromatic heterocycles. The van der Waals surface area contributed by atoms with E-state index in [1.54, 1.807) is 0 Å². The van der Waals surface area contributed by atoms with Gasteiger partial charge in [0, 0.05) is 21.9 Å². The molecule has 1 nitrogen and oxygen atoms in total. The Morgan fingerprint density at radius 3 is 2.00 bits per heavy atom. The number of nitrogens with zero attached hydrogens (tertiary/aromatic N) is 1. The smallest absolute Gasteiger partial charge is 0.0447 e. The number of halogens is 1. The Kier molecular flexibility index (Phi) is 3.88. The van der Waals surface area contributed by atoms with Crippen molar-refractivity contribution in [1.29, 1.82) is 0 Å². The molecule has 140 valence electrons. The quantitative estimate of drug-likeness (QED) is 0.315. The van der Waals surface area contributed by atoms with Gasteiger partial charge in [-0.3, -0.25) is 0 Å². The third kappa shape index (κ3) is 2.82.